The Hall–Kier alpha value is -2.52. The maximum atomic E-state index is 13.1. The van der Waals surface area contributed by atoms with Gasteiger partial charge >= 0.3 is 5.97 Å². The SMILES string of the molecule is COC(=O)C1CCC2C(=O)N(CC(=O)NC3CCN(Cc4ccccc4)CC3)C(=S)NC2C1. The van der Waals surface area contributed by atoms with Crippen LogP contribution in [0.4, 0.5) is 0 Å². The van der Waals surface area contributed by atoms with Crippen molar-refractivity contribution in [2.75, 3.05) is 26.7 Å². The van der Waals surface area contributed by atoms with Crippen molar-refractivity contribution in [2.45, 2.75) is 50.7 Å². The summed E-state index contributed by atoms with van der Waals surface area (Å²) < 4.78 is 4.85. The first kappa shape index (κ1) is 23.6. The van der Waals surface area contributed by atoms with E-state index < -0.39 is 0 Å². The molecule has 9 heteroatoms. The largest absolute Gasteiger partial charge is 0.469 e. The summed E-state index contributed by atoms with van der Waals surface area (Å²) in [7, 11) is 1.38. The second-order valence-corrected chi connectivity index (χ2v) is 9.61. The first-order valence-electron chi connectivity index (χ1n) is 11.7. The summed E-state index contributed by atoms with van der Waals surface area (Å²) in [5, 5.41) is 6.54. The normalized spacial score (nSPS) is 26.3. The fourth-order valence-corrected chi connectivity index (χ4v) is 5.49. The van der Waals surface area contributed by atoms with Crippen LogP contribution >= 0.6 is 12.2 Å². The van der Waals surface area contributed by atoms with Gasteiger partial charge in [-0.05, 0) is 49.9 Å². The standard InChI is InChI=1S/C24H32N4O4S/c1-32-23(31)17-7-8-19-20(13-17)26-24(33)28(22(19)30)15-21(29)25-18-9-11-27(12-10-18)14-16-5-3-2-4-6-16/h2-6,17-20H,7-15H2,1H3,(H,25,29)(H,26,33). The third-order valence-electron chi connectivity index (χ3n) is 7.03. The third-order valence-corrected chi connectivity index (χ3v) is 7.36. The van der Waals surface area contributed by atoms with Crippen molar-refractivity contribution in [3.63, 3.8) is 0 Å². The van der Waals surface area contributed by atoms with Crippen LogP contribution in [-0.2, 0) is 25.7 Å². The fourth-order valence-electron chi connectivity index (χ4n) is 5.19. The Balaban J connectivity index is 1.24. The lowest BCUT2D eigenvalue weighted by molar-refractivity contribution is -0.149. The Labute approximate surface area is 200 Å². The number of esters is 1. The van der Waals surface area contributed by atoms with E-state index in [0.29, 0.717) is 19.3 Å². The molecule has 0 spiro atoms. The van der Waals surface area contributed by atoms with Gasteiger partial charge in [0.05, 0.1) is 18.9 Å². The lowest BCUT2D eigenvalue weighted by Gasteiger charge is -2.43. The molecule has 3 atom stereocenters. The quantitative estimate of drug-likeness (QED) is 0.478. The van der Waals surface area contributed by atoms with E-state index in [0.717, 1.165) is 32.5 Å². The molecule has 1 aliphatic carbocycles. The van der Waals surface area contributed by atoms with E-state index in [2.05, 4.69) is 39.8 Å². The van der Waals surface area contributed by atoms with E-state index in [4.69, 9.17) is 17.0 Å². The summed E-state index contributed by atoms with van der Waals surface area (Å²) in [6.07, 6.45) is 3.47. The summed E-state index contributed by atoms with van der Waals surface area (Å²) in [6, 6.07) is 10.3. The van der Waals surface area contributed by atoms with E-state index in [1.165, 1.54) is 17.6 Å². The van der Waals surface area contributed by atoms with E-state index >= 15 is 0 Å². The van der Waals surface area contributed by atoms with E-state index in [1.54, 1.807) is 0 Å². The number of carbonyl (C=O) groups is 3. The Morgan fingerprint density at radius 3 is 2.58 bits per heavy atom. The number of rotatable bonds is 6. The third kappa shape index (κ3) is 5.70. The number of thiocarbonyl (C=S) groups is 1. The van der Waals surface area contributed by atoms with Crippen LogP contribution in [0.15, 0.2) is 30.3 Å². The molecule has 2 saturated heterocycles. The number of likely N-dealkylation sites (tertiary alicyclic amines) is 1. The average Bonchev–Trinajstić information content (AvgIpc) is 2.83. The van der Waals surface area contributed by atoms with E-state index in [-0.39, 0.29) is 53.4 Å². The Kier molecular flexibility index (Phi) is 7.60. The highest BCUT2D eigenvalue weighted by molar-refractivity contribution is 7.80. The maximum Gasteiger partial charge on any atom is 0.308 e. The van der Waals surface area contributed by atoms with Crippen LogP contribution in [0.1, 0.15) is 37.7 Å². The number of hydrogen-bond donors (Lipinski definition) is 2. The number of methoxy groups -OCH3 is 1. The number of piperidine rings is 1. The van der Waals surface area contributed by atoms with Crippen molar-refractivity contribution in [1.82, 2.24) is 20.4 Å². The molecular weight excluding hydrogens is 440 g/mol. The van der Waals surface area contributed by atoms with E-state index in [9.17, 15) is 14.4 Å². The fraction of sp³-hybridized carbons (Fsp3) is 0.583. The van der Waals surface area contributed by atoms with Gasteiger partial charge in [-0.2, -0.15) is 0 Å². The minimum atomic E-state index is -0.272. The summed E-state index contributed by atoms with van der Waals surface area (Å²) in [5.74, 6) is -1.05. The average molecular weight is 473 g/mol. The highest BCUT2D eigenvalue weighted by atomic mass is 32.1. The van der Waals surface area contributed by atoms with Gasteiger partial charge in [-0.1, -0.05) is 30.3 Å². The van der Waals surface area contributed by atoms with Gasteiger partial charge in [0.2, 0.25) is 11.8 Å². The van der Waals surface area contributed by atoms with Crippen molar-refractivity contribution >= 4 is 35.1 Å². The van der Waals surface area contributed by atoms with Gasteiger partial charge in [0, 0.05) is 31.7 Å². The van der Waals surface area contributed by atoms with Crippen molar-refractivity contribution in [3.8, 4) is 0 Å². The summed E-state index contributed by atoms with van der Waals surface area (Å²) in [4.78, 5) is 41.4. The summed E-state index contributed by atoms with van der Waals surface area (Å²) in [6.45, 7) is 2.70. The molecule has 2 aliphatic heterocycles. The van der Waals surface area contributed by atoms with E-state index in [1.807, 2.05) is 6.07 Å². The van der Waals surface area contributed by atoms with Crippen molar-refractivity contribution in [2.24, 2.45) is 11.8 Å². The molecule has 2 N–H and O–H groups in total. The molecule has 3 unspecified atom stereocenters. The number of ether oxygens (including phenoxy) is 1. The van der Waals surface area contributed by atoms with Crippen LogP contribution in [0.5, 0.6) is 0 Å². The van der Waals surface area contributed by atoms with Crippen LogP contribution in [0.2, 0.25) is 0 Å². The Bertz CT molecular complexity index is 888. The van der Waals surface area contributed by atoms with Gasteiger partial charge in [-0.25, -0.2) is 0 Å². The molecule has 3 aliphatic rings. The first-order valence-corrected chi connectivity index (χ1v) is 12.1. The molecule has 33 heavy (non-hydrogen) atoms. The Morgan fingerprint density at radius 2 is 1.88 bits per heavy atom. The molecule has 4 rings (SSSR count). The number of amides is 2. The van der Waals surface area contributed by atoms with Gasteiger partial charge in [-0.15, -0.1) is 0 Å². The molecular formula is C24H32N4O4S. The zero-order chi connectivity index (χ0) is 23.4. The highest BCUT2D eigenvalue weighted by Gasteiger charge is 2.44. The zero-order valence-electron chi connectivity index (χ0n) is 19.0. The second kappa shape index (κ2) is 10.6. The van der Waals surface area contributed by atoms with Crippen LogP contribution in [-0.4, -0.2) is 71.5 Å². The molecule has 1 aromatic rings. The predicted molar refractivity (Wildman–Crippen MR) is 127 cm³/mol. The summed E-state index contributed by atoms with van der Waals surface area (Å²) >= 11 is 5.40. The van der Waals surface area contributed by atoms with Crippen LogP contribution in [0, 0.1) is 11.8 Å². The van der Waals surface area contributed by atoms with Crippen molar-refractivity contribution < 1.29 is 19.1 Å². The lowest BCUT2D eigenvalue weighted by Crippen LogP contribution is -2.63. The van der Waals surface area contributed by atoms with Crippen LogP contribution in [0.3, 0.4) is 0 Å². The monoisotopic (exact) mass is 472 g/mol. The molecule has 2 amide bonds. The summed E-state index contributed by atoms with van der Waals surface area (Å²) in [5.41, 5.74) is 1.29. The molecule has 3 fully saturated rings. The number of nitrogens with zero attached hydrogens (tertiary/aromatic N) is 2. The maximum absolute atomic E-state index is 13.1. The molecule has 1 saturated carbocycles. The molecule has 178 valence electrons. The predicted octanol–water partition coefficient (Wildman–Crippen LogP) is 1.44. The minimum Gasteiger partial charge on any atom is -0.469 e. The minimum absolute atomic E-state index is 0.0709. The Morgan fingerprint density at radius 1 is 1.15 bits per heavy atom. The number of hydrogen-bond acceptors (Lipinski definition) is 6. The number of nitrogens with one attached hydrogen (secondary N) is 2. The highest BCUT2D eigenvalue weighted by Crippen LogP contribution is 2.33. The molecule has 1 aromatic carbocycles. The molecule has 0 bridgehead atoms. The van der Waals surface area contributed by atoms with Gasteiger partial charge in [-0.3, -0.25) is 24.2 Å². The van der Waals surface area contributed by atoms with Gasteiger partial charge in [0.15, 0.2) is 5.11 Å². The molecule has 0 aromatic heterocycles. The first-order chi connectivity index (χ1) is 15.9. The smallest absolute Gasteiger partial charge is 0.308 e. The van der Waals surface area contributed by atoms with Gasteiger partial charge in [0.25, 0.3) is 0 Å². The second-order valence-electron chi connectivity index (χ2n) is 9.22. The molecule has 2 heterocycles. The molecule has 0 radical (unpaired) electrons. The van der Waals surface area contributed by atoms with Crippen LogP contribution < -0.4 is 10.6 Å². The zero-order valence-corrected chi connectivity index (χ0v) is 19.8. The number of benzene rings is 1. The van der Waals surface area contributed by atoms with Crippen molar-refractivity contribution in [3.05, 3.63) is 35.9 Å². The van der Waals surface area contributed by atoms with Gasteiger partial charge in [0.1, 0.15) is 6.54 Å². The number of fused-ring (bicyclic) bond motifs is 1. The lowest BCUT2D eigenvalue weighted by atomic mass is 9.76. The van der Waals surface area contributed by atoms with Crippen LogP contribution in [0.25, 0.3) is 0 Å². The van der Waals surface area contributed by atoms with Crippen molar-refractivity contribution in [1.29, 1.82) is 0 Å². The topological polar surface area (TPSA) is 91.0 Å². The van der Waals surface area contributed by atoms with Gasteiger partial charge < -0.3 is 15.4 Å². The molecule has 8 nitrogen and oxygen atoms in total. The number of carbonyl (C=O) groups excluding carboxylic acids is 3.